The zero-order valence-corrected chi connectivity index (χ0v) is 11.0. The molecule has 4 N–H and O–H groups in total. The van der Waals surface area contributed by atoms with Gasteiger partial charge < -0.3 is 10.7 Å². The molecular weight excluding hydrogens is 273 g/mol. The van der Waals surface area contributed by atoms with Gasteiger partial charge in [0.25, 0.3) is 0 Å². The first kappa shape index (κ1) is 12.9. The van der Waals surface area contributed by atoms with Crippen molar-refractivity contribution in [3.63, 3.8) is 0 Å². The van der Waals surface area contributed by atoms with Crippen LogP contribution in [0.25, 0.3) is 0 Å². The van der Waals surface area contributed by atoms with E-state index in [1.54, 1.807) is 31.2 Å². The molecule has 94 valence electrons. The van der Waals surface area contributed by atoms with Crippen molar-refractivity contribution in [1.82, 2.24) is 9.97 Å². The Morgan fingerprint density at radius 3 is 2.50 bits per heavy atom. The van der Waals surface area contributed by atoms with Gasteiger partial charge in [0.2, 0.25) is 0 Å². The van der Waals surface area contributed by atoms with E-state index in [0.29, 0.717) is 33.2 Å². The Morgan fingerprint density at radius 1 is 1.11 bits per heavy atom. The molecule has 0 saturated heterocycles. The van der Waals surface area contributed by atoms with Crippen molar-refractivity contribution in [3.8, 4) is 0 Å². The molecule has 0 unspecified atom stereocenters. The van der Waals surface area contributed by atoms with Gasteiger partial charge in [-0.1, -0.05) is 23.2 Å². The lowest BCUT2D eigenvalue weighted by Gasteiger charge is -2.09. The smallest absolute Gasteiger partial charge is 0.145 e. The second-order valence-corrected chi connectivity index (χ2v) is 4.42. The van der Waals surface area contributed by atoms with Crippen LogP contribution in [-0.2, 0) is 0 Å². The summed E-state index contributed by atoms with van der Waals surface area (Å²) in [5.41, 5.74) is 3.18. The predicted molar refractivity (Wildman–Crippen MR) is 74.3 cm³/mol. The van der Waals surface area contributed by atoms with Crippen molar-refractivity contribution in [2.75, 3.05) is 10.7 Å². The summed E-state index contributed by atoms with van der Waals surface area (Å²) in [4.78, 5) is 8.32. The van der Waals surface area contributed by atoms with Gasteiger partial charge in [0, 0.05) is 11.1 Å². The third-order valence-electron chi connectivity index (χ3n) is 2.18. The summed E-state index contributed by atoms with van der Waals surface area (Å²) in [6.45, 7) is 1.77. The zero-order chi connectivity index (χ0) is 13.1. The number of nitrogens with two attached hydrogens (primary N) is 1. The Labute approximate surface area is 114 Å². The average Bonchev–Trinajstić information content (AvgIpc) is 2.32. The van der Waals surface area contributed by atoms with Crippen LogP contribution in [0.1, 0.15) is 5.82 Å². The van der Waals surface area contributed by atoms with Crippen LogP contribution in [0.15, 0.2) is 24.3 Å². The van der Waals surface area contributed by atoms with E-state index in [0.717, 1.165) is 0 Å². The van der Waals surface area contributed by atoms with Gasteiger partial charge in [-0.25, -0.2) is 15.8 Å². The molecule has 1 aromatic carbocycles. The minimum absolute atomic E-state index is 0.515. The quantitative estimate of drug-likeness (QED) is 0.596. The maximum absolute atomic E-state index is 6.06. The van der Waals surface area contributed by atoms with Gasteiger partial charge in [0.1, 0.15) is 17.5 Å². The van der Waals surface area contributed by atoms with E-state index >= 15 is 0 Å². The molecule has 1 aromatic heterocycles. The van der Waals surface area contributed by atoms with Crippen LogP contribution in [0.5, 0.6) is 0 Å². The molecule has 0 atom stereocenters. The van der Waals surface area contributed by atoms with Crippen molar-refractivity contribution >= 4 is 40.5 Å². The Balaban J connectivity index is 2.30. The summed E-state index contributed by atoms with van der Waals surface area (Å²) in [6, 6.07) is 6.85. The molecule has 5 nitrogen and oxygen atoms in total. The summed E-state index contributed by atoms with van der Waals surface area (Å²) in [5.74, 6) is 7.03. The molecule has 0 saturated carbocycles. The van der Waals surface area contributed by atoms with Crippen molar-refractivity contribution in [2.24, 2.45) is 5.84 Å². The van der Waals surface area contributed by atoms with E-state index in [2.05, 4.69) is 20.7 Å². The largest absolute Gasteiger partial charge is 0.339 e. The van der Waals surface area contributed by atoms with Gasteiger partial charge >= 0.3 is 0 Å². The molecule has 18 heavy (non-hydrogen) atoms. The van der Waals surface area contributed by atoms with Gasteiger partial charge in [-0.05, 0) is 25.1 Å². The molecule has 0 aliphatic heterocycles. The standard InChI is InChI=1S/C11H11Cl2N5/c1-6-15-10(5-11(16-6)18-14)17-9-3-2-7(12)4-8(9)13/h2-5H,14H2,1H3,(H2,15,16,17,18). The molecule has 0 spiro atoms. The number of halogens is 2. The fourth-order valence-electron chi connectivity index (χ4n) is 1.43. The molecular formula is C11H11Cl2N5. The summed E-state index contributed by atoms with van der Waals surface area (Å²) in [7, 11) is 0. The number of aryl methyl sites for hydroxylation is 1. The third kappa shape index (κ3) is 3.01. The first-order chi connectivity index (χ1) is 8.58. The van der Waals surface area contributed by atoms with Crippen LogP contribution in [-0.4, -0.2) is 9.97 Å². The normalized spacial score (nSPS) is 10.2. The van der Waals surface area contributed by atoms with Gasteiger partial charge in [0.05, 0.1) is 10.7 Å². The highest BCUT2D eigenvalue weighted by molar-refractivity contribution is 6.36. The first-order valence-corrected chi connectivity index (χ1v) is 5.88. The molecule has 7 heteroatoms. The van der Waals surface area contributed by atoms with Crippen molar-refractivity contribution in [1.29, 1.82) is 0 Å². The first-order valence-electron chi connectivity index (χ1n) is 5.13. The number of hydrogen-bond donors (Lipinski definition) is 3. The number of nitrogens with one attached hydrogen (secondary N) is 2. The average molecular weight is 284 g/mol. The number of aromatic nitrogens is 2. The Morgan fingerprint density at radius 2 is 1.83 bits per heavy atom. The lowest BCUT2D eigenvalue weighted by Crippen LogP contribution is -2.10. The minimum atomic E-state index is 0.515. The summed E-state index contributed by atoms with van der Waals surface area (Å²) < 4.78 is 0. The van der Waals surface area contributed by atoms with Crippen LogP contribution in [0, 0.1) is 6.92 Å². The van der Waals surface area contributed by atoms with Crippen LogP contribution in [0.2, 0.25) is 10.0 Å². The summed E-state index contributed by atoms with van der Waals surface area (Å²) in [6.07, 6.45) is 0. The van der Waals surface area contributed by atoms with Crippen molar-refractivity contribution in [2.45, 2.75) is 6.92 Å². The van der Waals surface area contributed by atoms with Crippen LogP contribution >= 0.6 is 23.2 Å². The Hall–Kier alpha value is -1.56. The SMILES string of the molecule is Cc1nc(NN)cc(Nc2ccc(Cl)cc2Cl)n1. The number of nitrogen functional groups attached to an aromatic ring is 1. The minimum Gasteiger partial charge on any atom is -0.339 e. The van der Waals surface area contributed by atoms with E-state index in [4.69, 9.17) is 29.0 Å². The number of rotatable bonds is 3. The second-order valence-electron chi connectivity index (χ2n) is 3.58. The van der Waals surface area contributed by atoms with Gasteiger partial charge in [-0.3, -0.25) is 0 Å². The highest BCUT2D eigenvalue weighted by Crippen LogP contribution is 2.28. The molecule has 1 heterocycles. The van der Waals surface area contributed by atoms with Gasteiger partial charge in [-0.15, -0.1) is 0 Å². The topological polar surface area (TPSA) is 75.9 Å². The molecule has 0 fully saturated rings. The van der Waals surface area contributed by atoms with Crippen molar-refractivity contribution in [3.05, 3.63) is 40.1 Å². The van der Waals surface area contributed by atoms with Crippen LogP contribution in [0.3, 0.4) is 0 Å². The van der Waals surface area contributed by atoms with Crippen LogP contribution in [0.4, 0.5) is 17.3 Å². The number of hydrazine groups is 1. The van der Waals surface area contributed by atoms with Gasteiger partial charge in [-0.2, -0.15) is 0 Å². The maximum Gasteiger partial charge on any atom is 0.145 e. The van der Waals surface area contributed by atoms with E-state index in [9.17, 15) is 0 Å². The highest BCUT2D eigenvalue weighted by Gasteiger charge is 2.05. The van der Waals surface area contributed by atoms with E-state index < -0.39 is 0 Å². The Bertz CT molecular complexity index is 573. The molecule has 0 radical (unpaired) electrons. The zero-order valence-electron chi connectivity index (χ0n) is 9.54. The number of anilines is 3. The lowest BCUT2D eigenvalue weighted by atomic mass is 10.3. The second kappa shape index (κ2) is 5.39. The Kier molecular flexibility index (Phi) is 3.86. The third-order valence-corrected chi connectivity index (χ3v) is 2.73. The molecule has 0 aliphatic rings. The predicted octanol–water partition coefficient (Wildman–Crippen LogP) is 3.12. The lowest BCUT2D eigenvalue weighted by molar-refractivity contribution is 1.05. The summed E-state index contributed by atoms with van der Waals surface area (Å²) in [5, 5.41) is 4.17. The van der Waals surface area contributed by atoms with Crippen LogP contribution < -0.4 is 16.6 Å². The van der Waals surface area contributed by atoms with Crippen molar-refractivity contribution < 1.29 is 0 Å². The summed E-state index contributed by atoms with van der Waals surface area (Å²) >= 11 is 11.9. The fourth-order valence-corrected chi connectivity index (χ4v) is 1.89. The van der Waals surface area contributed by atoms with Gasteiger partial charge in [0.15, 0.2) is 0 Å². The number of hydrogen-bond acceptors (Lipinski definition) is 5. The number of nitrogens with zero attached hydrogens (tertiary/aromatic N) is 2. The fraction of sp³-hybridized carbons (Fsp3) is 0.0909. The molecule has 0 amide bonds. The molecule has 0 aliphatic carbocycles. The number of benzene rings is 1. The maximum atomic E-state index is 6.06. The molecule has 2 aromatic rings. The van der Waals surface area contributed by atoms with E-state index in [1.165, 1.54) is 0 Å². The molecule has 2 rings (SSSR count). The molecule has 0 bridgehead atoms. The van der Waals surface area contributed by atoms with E-state index in [1.807, 2.05) is 0 Å². The monoisotopic (exact) mass is 283 g/mol. The highest BCUT2D eigenvalue weighted by atomic mass is 35.5. The van der Waals surface area contributed by atoms with E-state index in [-0.39, 0.29) is 0 Å².